The Morgan fingerprint density at radius 2 is 1.44 bits per heavy atom. The van der Waals surface area contributed by atoms with Crippen LogP contribution < -0.4 is 0 Å². The number of aliphatic hydroxyl groups excluding tert-OH is 1. The van der Waals surface area contributed by atoms with E-state index >= 15 is 0 Å². The van der Waals surface area contributed by atoms with E-state index in [1.165, 1.54) is 25.7 Å². The molecule has 0 unspecified atom stereocenters. The normalized spacial score (nSPS) is 8.11. The zero-order valence-corrected chi connectivity index (χ0v) is 16.5. The van der Waals surface area contributed by atoms with Crippen LogP contribution in [0.3, 0.4) is 0 Å². The molecule has 0 aliphatic rings. The molecule has 0 saturated carbocycles. The first-order chi connectivity index (χ1) is 7.68. The van der Waals surface area contributed by atoms with Gasteiger partial charge in [0.2, 0.25) is 0 Å². The number of hydrogen-bond acceptors (Lipinski definition) is 2. The molecule has 0 saturated heterocycles. The van der Waals surface area contributed by atoms with Gasteiger partial charge in [0.1, 0.15) is 0 Å². The molecule has 0 aromatic heterocycles. The van der Waals surface area contributed by atoms with Crippen LogP contribution >= 0.6 is 0 Å². The minimum absolute atomic E-state index is 0. The summed E-state index contributed by atoms with van der Waals surface area (Å²) in [6.07, 6.45) is 10.1. The first kappa shape index (κ1) is 27.5. The summed E-state index contributed by atoms with van der Waals surface area (Å²) in [4.78, 5) is 10.2. The van der Waals surface area contributed by atoms with Gasteiger partial charge in [0.05, 0.1) is 0 Å². The van der Waals surface area contributed by atoms with Gasteiger partial charge in [-0.15, -0.1) is 6.58 Å². The molecule has 0 atom stereocenters. The maximum Gasteiger partial charge on any atom is 0.303 e. The number of carboxylic acids is 1. The Hall–Kier alpha value is 1.17. The number of unbranched alkanes of at least 4 members (excludes halogenated alkanes) is 6. The Balaban J connectivity index is -0.000000177. The van der Waals surface area contributed by atoms with E-state index in [9.17, 15) is 4.79 Å². The van der Waals surface area contributed by atoms with Crippen molar-refractivity contribution >= 4 is 65.1 Å². The molecule has 0 heterocycles. The van der Waals surface area contributed by atoms with Crippen LogP contribution in [0.15, 0.2) is 12.7 Å². The van der Waals surface area contributed by atoms with Crippen LogP contribution in [0.4, 0.5) is 0 Å². The number of hydrogen-bond donors (Lipinski definition) is 2. The molecule has 2 radical (unpaired) electrons. The topological polar surface area (TPSA) is 57.5 Å². The number of carboxylic acid groups (broad SMARTS) is 1. The van der Waals surface area contributed by atoms with Crippen LogP contribution in [0.25, 0.3) is 0 Å². The summed E-state index contributed by atoms with van der Waals surface area (Å²) in [5.74, 6) is -0.674. The predicted octanol–water partition coefficient (Wildman–Crippen LogP) is 2.61. The molecule has 5 heteroatoms. The molecule has 0 aromatic rings. The second kappa shape index (κ2) is 26.7. The maximum atomic E-state index is 10.2. The molecule has 18 heavy (non-hydrogen) atoms. The molecule has 98 valence electrons. The third kappa shape index (κ3) is 36.0. The molecule has 0 aromatic carbocycles. The predicted molar refractivity (Wildman–Crippen MR) is 79.0 cm³/mol. The van der Waals surface area contributed by atoms with Gasteiger partial charge >= 0.3 is 5.97 Å². The molecular weight excluding hydrogens is 250 g/mol. The van der Waals surface area contributed by atoms with Gasteiger partial charge in [-0.2, -0.15) is 0 Å². The van der Waals surface area contributed by atoms with E-state index in [2.05, 4.69) is 6.58 Å². The van der Waals surface area contributed by atoms with Crippen LogP contribution in [-0.4, -0.2) is 81.9 Å². The second-order valence-electron chi connectivity index (χ2n) is 3.66. The van der Waals surface area contributed by atoms with Crippen LogP contribution in [0, 0.1) is 0 Å². The van der Waals surface area contributed by atoms with Gasteiger partial charge in [-0.3, -0.25) is 4.79 Å². The smallest absolute Gasteiger partial charge is 0.303 e. The van der Waals surface area contributed by atoms with Crippen molar-refractivity contribution in [1.82, 2.24) is 0 Å². The number of rotatable bonds is 9. The van der Waals surface area contributed by atoms with Gasteiger partial charge in [0.15, 0.2) is 0 Å². The van der Waals surface area contributed by atoms with Gasteiger partial charge < -0.3 is 10.2 Å². The molecule has 0 spiro atoms. The third-order valence-corrected chi connectivity index (χ3v) is 2.05. The zero-order chi connectivity index (χ0) is 12.6. The van der Waals surface area contributed by atoms with Crippen molar-refractivity contribution in [2.24, 2.45) is 0 Å². The zero-order valence-electron chi connectivity index (χ0n) is 12.5. The van der Waals surface area contributed by atoms with E-state index in [4.69, 9.17) is 10.2 Å². The van der Waals surface area contributed by atoms with Gasteiger partial charge in [-0.1, -0.05) is 31.8 Å². The Bertz CT molecular complexity index is 164. The van der Waals surface area contributed by atoms with E-state index in [-0.39, 0.29) is 65.7 Å². The Kier molecular flexibility index (Phi) is 40.8. The minimum Gasteiger partial charge on any atom is -0.481 e. The van der Waals surface area contributed by atoms with Gasteiger partial charge in [0, 0.05) is 72.1 Å². The van der Waals surface area contributed by atoms with Crippen LogP contribution in [0.1, 0.15) is 58.3 Å². The molecule has 2 N–H and O–H groups in total. The van der Waals surface area contributed by atoms with Crippen molar-refractivity contribution in [3.8, 4) is 0 Å². The van der Waals surface area contributed by atoms with Crippen molar-refractivity contribution in [3.05, 3.63) is 12.7 Å². The molecule has 0 fully saturated rings. The SMILES string of the molecule is C=CCCCCCCCCC(=O)O.CCO.[Na].[Na]. The number of allylic oxidation sites excluding steroid dienone is 1. The Morgan fingerprint density at radius 3 is 1.83 bits per heavy atom. The summed E-state index contributed by atoms with van der Waals surface area (Å²) in [5.41, 5.74) is 0. The molecule has 0 rings (SSSR count). The number of aliphatic hydroxyl groups is 1. The molecule has 0 aliphatic heterocycles. The fourth-order valence-electron chi connectivity index (χ4n) is 1.27. The van der Waals surface area contributed by atoms with E-state index in [0.717, 1.165) is 19.3 Å². The first-order valence-electron chi connectivity index (χ1n) is 6.12. The van der Waals surface area contributed by atoms with Crippen molar-refractivity contribution in [3.63, 3.8) is 0 Å². The summed E-state index contributed by atoms with van der Waals surface area (Å²) in [5, 5.41) is 15.9. The largest absolute Gasteiger partial charge is 0.481 e. The Morgan fingerprint density at radius 1 is 1.06 bits per heavy atom. The van der Waals surface area contributed by atoms with Crippen LogP contribution in [-0.2, 0) is 4.79 Å². The summed E-state index contributed by atoms with van der Waals surface area (Å²) in [7, 11) is 0. The summed E-state index contributed by atoms with van der Waals surface area (Å²) in [6, 6.07) is 0. The minimum atomic E-state index is -0.674. The fourth-order valence-corrected chi connectivity index (χ4v) is 1.27. The summed E-state index contributed by atoms with van der Waals surface area (Å²) < 4.78 is 0. The average molecular weight is 276 g/mol. The number of carbonyl (C=O) groups is 1. The van der Waals surface area contributed by atoms with Crippen LogP contribution in [0.2, 0.25) is 0 Å². The van der Waals surface area contributed by atoms with Crippen molar-refractivity contribution in [2.75, 3.05) is 6.61 Å². The standard InChI is InChI=1S/C11H20O2.C2H6O.2Na/c1-2-3-4-5-6-7-8-9-10-11(12)13;1-2-3;;/h2H,1,3-10H2,(H,12,13);3H,2H2,1H3;;. The molecular formula is C13H26Na2O3. The number of aliphatic carboxylic acids is 1. The van der Waals surface area contributed by atoms with Crippen molar-refractivity contribution in [2.45, 2.75) is 58.3 Å². The van der Waals surface area contributed by atoms with Crippen LogP contribution in [0.5, 0.6) is 0 Å². The molecule has 0 bridgehead atoms. The quantitative estimate of drug-likeness (QED) is 0.386. The average Bonchev–Trinajstić information content (AvgIpc) is 2.23. The van der Waals surface area contributed by atoms with E-state index in [1.54, 1.807) is 6.92 Å². The third-order valence-electron chi connectivity index (χ3n) is 2.05. The summed E-state index contributed by atoms with van der Waals surface area (Å²) in [6.45, 7) is 5.59. The second-order valence-corrected chi connectivity index (χ2v) is 3.66. The first-order valence-corrected chi connectivity index (χ1v) is 6.12. The maximum absolute atomic E-state index is 10.2. The molecule has 0 aliphatic carbocycles. The Labute approximate surface area is 156 Å². The van der Waals surface area contributed by atoms with Gasteiger partial charge in [0.25, 0.3) is 0 Å². The molecule has 3 nitrogen and oxygen atoms in total. The van der Waals surface area contributed by atoms with E-state index in [0.29, 0.717) is 6.42 Å². The van der Waals surface area contributed by atoms with Gasteiger partial charge in [-0.05, 0) is 26.2 Å². The van der Waals surface area contributed by atoms with E-state index in [1.807, 2.05) is 6.08 Å². The summed E-state index contributed by atoms with van der Waals surface area (Å²) >= 11 is 0. The van der Waals surface area contributed by atoms with Gasteiger partial charge in [-0.25, -0.2) is 0 Å². The van der Waals surface area contributed by atoms with E-state index < -0.39 is 5.97 Å². The molecule has 0 amide bonds. The monoisotopic (exact) mass is 276 g/mol. The fraction of sp³-hybridized carbons (Fsp3) is 0.769. The van der Waals surface area contributed by atoms with Crippen molar-refractivity contribution < 1.29 is 15.0 Å². The van der Waals surface area contributed by atoms with Crippen molar-refractivity contribution in [1.29, 1.82) is 0 Å².